The first-order valence-electron chi connectivity index (χ1n) is 6.60. The highest BCUT2D eigenvalue weighted by Crippen LogP contribution is 2.31. The highest BCUT2D eigenvalue weighted by molar-refractivity contribution is 8.00. The first-order valence-corrected chi connectivity index (χ1v) is 9.39. The maximum absolute atomic E-state index is 10.5. The van der Waals surface area contributed by atoms with Crippen molar-refractivity contribution >= 4 is 47.2 Å². The molecule has 120 valence electrons. The standard InChI is InChI=1S/C16H14O4S3/c17-15(18)9-21-11-1-5-13(6-2-11)23-14-7-3-12(4-8-14)22-10-16(19)20/h1-8H,9-10H2,(H,17,18)(H,19,20). The van der Waals surface area contributed by atoms with Crippen LogP contribution in [0.2, 0.25) is 0 Å². The SMILES string of the molecule is O=C(O)CSc1ccc(Sc2ccc(SCC(=O)O)cc2)cc1. The number of benzene rings is 2. The molecule has 0 fully saturated rings. The average molecular weight is 366 g/mol. The van der Waals surface area contributed by atoms with E-state index in [4.69, 9.17) is 10.2 Å². The van der Waals surface area contributed by atoms with Crippen LogP contribution < -0.4 is 0 Å². The summed E-state index contributed by atoms with van der Waals surface area (Å²) >= 11 is 4.19. The Bertz CT molecular complexity index is 609. The van der Waals surface area contributed by atoms with Gasteiger partial charge in [0.1, 0.15) is 0 Å². The van der Waals surface area contributed by atoms with E-state index in [2.05, 4.69) is 0 Å². The van der Waals surface area contributed by atoms with Crippen LogP contribution in [0.5, 0.6) is 0 Å². The van der Waals surface area contributed by atoms with Crippen LogP contribution in [0.3, 0.4) is 0 Å². The van der Waals surface area contributed by atoms with Gasteiger partial charge in [-0.2, -0.15) is 0 Å². The molecule has 0 aliphatic rings. The highest BCUT2D eigenvalue weighted by Gasteiger charge is 2.03. The third-order valence-corrected chi connectivity index (χ3v) is 5.62. The second-order valence-electron chi connectivity index (χ2n) is 4.41. The number of hydrogen-bond acceptors (Lipinski definition) is 5. The molecular formula is C16H14O4S3. The lowest BCUT2D eigenvalue weighted by Gasteiger charge is -2.05. The van der Waals surface area contributed by atoms with Gasteiger partial charge in [-0.1, -0.05) is 11.8 Å². The van der Waals surface area contributed by atoms with Crippen LogP contribution in [-0.4, -0.2) is 33.7 Å². The van der Waals surface area contributed by atoms with Gasteiger partial charge in [0.15, 0.2) is 0 Å². The van der Waals surface area contributed by atoms with E-state index in [1.807, 2.05) is 48.5 Å². The molecule has 0 amide bonds. The van der Waals surface area contributed by atoms with Gasteiger partial charge in [0.05, 0.1) is 11.5 Å². The Morgan fingerprint density at radius 2 is 0.957 bits per heavy atom. The van der Waals surface area contributed by atoms with E-state index >= 15 is 0 Å². The predicted molar refractivity (Wildman–Crippen MR) is 93.7 cm³/mol. The summed E-state index contributed by atoms with van der Waals surface area (Å²) in [7, 11) is 0. The summed E-state index contributed by atoms with van der Waals surface area (Å²) in [6.07, 6.45) is 0. The van der Waals surface area contributed by atoms with Crippen molar-refractivity contribution in [2.24, 2.45) is 0 Å². The largest absolute Gasteiger partial charge is 0.481 e. The molecule has 0 bridgehead atoms. The van der Waals surface area contributed by atoms with Crippen molar-refractivity contribution in [1.82, 2.24) is 0 Å². The lowest BCUT2D eigenvalue weighted by Crippen LogP contribution is -1.97. The lowest BCUT2D eigenvalue weighted by molar-refractivity contribution is -0.134. The van der Waals surface area contributed by atoms with Crippen molar-refractivity contribution in [3.8, 4) is 0 Å². The molecule has 0 saturated carbocycles. The number of carboxylic acid groups (broad SMARTS) is 2. The summed E-state index contributed by atoms with van der Waals surface area (Å²) in [5.41, 5.74) is 0. The summed E-state index contributed by atoms with van der Waals surface area (Å²) in [6.45, 7) is 0. The number of thioether (sulfide) groups is 2. The first-order chi connectivity index (χ1) is 11.0. The molecule has 0 unspecified atom stereocenters. The molecule has 0 atom stereocenters. The smallest absolute Gasteiger partial charge is 0.313 e. The number of rotatable bonds is 8. The number of carboxylic acids is 2. The van der Waals surface area contributed by atoms with E-state index in [0.29, 0.717) is 0 Å². The van der Waals surface area contributed by atoms with Crippen LogP contribution in [0.4, 0.5) is 0 Å². The van der Waals surface area contributed by atoms with Gasteiger partial charge in [0.25, 0.3) is 0 Å². The van der Waals surface area contributed by atoms with Crippen molar-refractivity contribution in [1.29, 1.82) is 0 Å². The molecule has 2 rings (SSSR count). The fraction of sp³-hybridized carbons (Fsp3) is 0.125. The summed E-state index contributed by atoms with van der Waals surface area (Å²) in [5, 5.41) is 17.3. The van der Waals surface area contributed by atoms with E-state index in [0.717, 1.165) is 19.6 Å². The van der Waals surface area contributed by atoms with Crippen molar-refractivity contribution < 1.29 is 19.8 Å². The summed E-state index contributed by atoms with van der Waals surface area (Å²) in [6, 6.07) is 15.5. The fourth-order valence-corrected chi connectivity index (χ4v) is 3.69. The second kappa shape index (κ2) is 8.90. The lowest BCUT2D eigenvalue weighted by atomic mass is 10.4. The maximum Gasteiger partial charge on any atom is 0.313 e. The Balaban J connectivity index is 1.91. The zero-order valence-corrected chi connectivity index (χ0v) is 14.4. The Hall–Kier alpha value is -1.57. The molecule has 0 aliphatic carbocycles. The molecule has 4 nitrogen and oxygen atoms in total. The monoisotopic (exact) mass is 366 g/mol. The van der Waals surface area contributed by atoms with Gasteiger partial charge in [-0.25, -0.2) is 0 Å². The molecule has 0 aliphatic heterocycles. The molecule has 0 spiro atoms. The number of carbonyl (C=O) groups is 2. The van der Waals surface area contributed by atoms with Crippen molar-refractivity contribution in [3.05, 3.63) is 48.5 Å². The van der Waals surface area contributed by atoms with Gasteiger partial charge in [-0.3, -0.25) is 9.59 Å². The predicted octanol–water partition coefficient (Wildman–Crippen LogP) is 4.19. The van der Waals surface area contributed by atoms with E-state index < -0.39 is 11.9 Å². The molecule has 2 aromatic rings. The van der Waals surface area contributed by atoms with Gasteiger partial charge in [-0.15, -0.1) is 23.5 Å². The van der Waals surface area contributed by atoms with Crippen LogP contribution in [0.25, 0.3) is 0 Å². The Morgan fingerprint density at radius 3 is 1.26 bits per heavy atom. The quantitative estimate of drug-likeness (QED) is 0.678. The molecule has 0 aromatic heterocycles. The zero-order chi connectivity index (χ0) is 16.7. The minimum atomic E-state index is -0.825. The first kappa shape index (κ1) is 17.8. The number of aliphatic carboxylic acids is 2. The Kier molecular flexibility index (Phi) is 6.88. The molecule has 0 saturated heterocycles. The van der Waals surface area contributed by atoms with Gasteiger partial charge in [0.2, 0.25) is 0 Å². The zero-order valence-electron chi connectivity index (χ0n) is 12.0. The topological polar surface area (TPSA) is 74.6 Å². The minimum Gasteiger partial charge on any atom is -0.481 e. The third kappa shape index (κ3) is 6.60. The second-order valence-corrected chi connectivity index (χ2v) is 7.65. The van der Waals surface area contributed by atoms with E-state index in [9.17, 15) is 9.59 Å². The fourth-order valence-electron chi connectivity index (χ4n) is 1.63. The maximum atomic E-state index is 10.5. The van der Waals surface area contributed by atoms with Crippen LogP contribution in [0.1, 0.15) is 0 Å². The van der Waals surface area contributed by atoms with E-state index in [1.165, 1.54) is 23.5 Å². The highest BCUT2D eigenvalue weighted by atomic mass is 32.2. The van der Waals surface area contributed by atoms with E-state index in [-0.39, 0.29) is 11.5 Å². The van der Waals surface area contributed by atoms with Gasteiger partial charge in [0, 0.05) is 19.6 Å². The van der Waals surface area contributed by atoms with Crippen LogP contribution in [0, 0.1) is 0 Å². The normalized spacial score (nSPS) is 10.4. The van der Waals surface area contributed by atoms with E-state index in [1.54, 1.807) is 11.8 Å². The molecule has 0 heterocycles. The molecule has 2 aromatic carbocycles. The van der Waals surface area contributed by atoms with Crippen molar-refractivity contribution in [3.63, 3.8) is 0 Å². The van der Waals surface area contributed by atoms with Crippen molar-refractivity contribution in [2.75, 3.05) is 11.5 Å². The van der Waals surface area contributed by atoms with Gasteiger partial charge < -0.3 is 10.2 Å². The third-order valence-electron chi connectivity index (χ3n) is 2.61. The van der Waals surface area contributed by atoms with Gasteiger partial charge in [-0.05, 0) is 48.5 Å². The molecule has 23 heavy (non-hydrogen) atoms. The van der Waals surface area contributed by atoms with Crippen molar-refractivity contribution in [2.45, 2.75) is 19.6 Å². The summed E-state index contributed by atoms with van der Waals surface area (Å²) < 4.78 is 0. The average Bonchev–Trinajstić information content (AvgIpc) is 2.53. The van der Waals surface area contributed by atoms with Crippen LogP contribution in [-0.2, 0) is 9.59 Å². The Morgan fingerprint density at radius 1 is 0.652 bits per heavy atom. The number of hydrogen-bond donors (Lipinski definition) is 2. The van der Waals surface area contributed by atoms with Crippen LogP contribution >= 0.6 is 35.3 Å². The molecule has 2 N–H and O–H groups in total. The molecular weight excluding hydrogens is 352 g/mol. The Labute approximate surface area is 146 Å². The summed E-state index contributed by atoms with van der Waals surface area (Å²) in [4.78, 5) is 25.1. The van der Waals surface area contributed by atoms with Crippen LogP contribution in [0.15, 0.2) is 68.1 Å². The van der Waals surface area contributed by atoms with Gasteiger partial charge >= 0.3 is 11.9 Å². The minimum absolute atomic E-state index is 0.0575. The summed E-state index contributed by atoms with van der Waals surface area (Å²) in [5.74, 6) is -1.53. The molecule has 0 radical (unpaired) electrons. The molecule has 7 heteroatoms.